The van der Waals surface area contributed by atoms with Gasteiger partial charge in [0.2, 0.25) is 21.8 Å². The Labute approximate surface area is 219 Å². The highest BCUT2D eigenvalue weighted by atomic mass is 35.5. The van der Waals surface area contributed by atoms with E-state index in [1.54, 1.807) is 43.3 Å². The van der Waals surface area contributed by atoms with Gasteiger partial charge in [0, 0.05) is 17.6 Å². The van der Waals surface area contributed by atoms with Crippen molar-refractivity contribution < 1.29 is 18.0 Å². The number of anilines is 1. The second kappa shape index (κ2) is 12.1. The van der Waals surface area contributed by atoms with Crippen LogP contribution in [0, 0.1) is 0 Å². The van der Waals surface area contributed by atoms with Gasteiger partial charge in [0.05, 0.1) is 11.9 Å². The molecule has 7 nitrogen and oxygen atoms in total. The Hall–Kier alpha value is -2.58. The van der Waals surface area contributed by atoms with E-state index in [4.69, 9.17) is 11.6 Å². The summed E-state index contributed by atoms with van der Waals surface area (Å²) < 4.78 is 26.5. The van der Waals surface area contributed by atoms with Gasteiger partial charge >= 0.3 is 0 Å². The van der Waals surface area contributed by atoms with Crippen molar-refractivity contribution in [2.75, 3.05) is 17.1 Å². The van der Waals surface area contributed by atoms with Crippen LogP contribution in [0.2, 0.25) is 5.02 Å². The Kier molecular flexibility index (Phi) is 9.41. The molecule has 3 rings (SSSR count). The SMILES string of the molecule is CC(C)c1ccc(N(CC(=O)N(Cc2ccc(Cl)cc2)[C@H](C)C(=O)NC2CCCC2)S(C)(=O)=O)cc1. The monoisotopic (exact) mass is 533 g/mol. The van der Waals surface area contributed by atoms with Crippen LogP contribution in [0.15, 0.2) is 48.5 Å². The quantitative estimate of drug-likeness (QED) is 0.479. The fourth-order valence-electron chi connectivity index (χ4n) is 4.40. The second-order valence-corrected chi connectivity index (χ2v) is 12.2. The molecule has 196 valence electrons. The van der Waals surface area contributed by atoms with Gasteiger partial charge in [0.1, 0.15) is 12.6 Å². The van der Waals surface area contributed by atoms with Crippen molar-refractivity contribution in [1.29, 1.82) is 0 Å². The summed E-state index contributed by atoms with van der Waals surface area (Å²) in [6, 6.07) is 13.5. The first-order valence-corrected chi connectivity index (χ1v) is 14.6. The lowest BCUT2D eigenvalue weighted by atomic mass is 10.0. The third-order valence-corrected chi connectivity index (χ3v) is 8.05. The molecule has 2 aromatic carbocycles. The van der Waals surface area contributed by atoms with Gasteiger partial charge in [-0.15, -0.1) is 0 Å². The third-order valence-electron chi connectivity index (χ3n) is 6.66. The Balaban J connectivity index is 1.86. The number of rotatable bonds is 10. The first-order chi connectivity index (χ1) is 17.0. The molecule has 0 bridgehead atoms. The minimum absolute atomic E-state index is 0.111. The standard InChI is InChI=1S/C27H36ClN3O4S/c1-19(2)22-11-15-25(16-12-22)31(36(4,34)35)18-26(32)30(17-21-9-13-23(28)14-10-21)20(3)27(33)29-24-7-5-6-8-24/h9-16,19-20,24H,5-8,17-18H2,1-4H3,(H,29,33)/t20-/m1/s1. The van der Waals surface area contributed by atoms with Gasteiger partial charge in [-0.05, 0) is 61.1 Å². The highest BCUT2D eigenvalue weighted by Crippen LogP contribution is 2.23. The molecule has 0 unspecified atom stereocenters. The van der Waals surface area contributed by atoms with Crippen molar-refractivity contribution in [2.24, 2.45) is 0 Å². The van der Waals surface area contributed by atoms with Crippen molar-refractivity contribution in [3.8, 4) is 0 Å². The average Bonchev–Trinajstić information content (AvgIpc) is 3.34. The van der Waals surface area contributed by atoms with Crippen LogP contribution in [0.3, 0.4) is 0 Å². The summed E-state index contributed by atoms with van der Waals surface area (Å²) in [6.07, 6.45) is 5.09. The Bertz CT molecular complexity index is 1140. The predicted octanol–water partition coefficient (Wildman–Crippen LogP) is 4.71. The van der Waals surface area contributed by atoms with Gasteiger partial charge in [-0.25, -0.2) is 8.42 Å². The van der Waals surface area contributed by atoms with Crippen LogP contribution in [-0.4, -0.2) is 50.0 Å². The van der Waals surface area contributed by atoms with Gasteiger partial charge in [0.15, 0.2) is 0 Å². The summed E-state index contributed by atoms with van der Waals surface area (Å²) in [5.41, 5.74) is 2.27. The fourth-order valence-corrected chi connectivity index (χ4v) is 5.38. The minimum atomic E-state index is -3.75. The molecule has 1 aliphatic rings. The number of hydrogen-bond donors (Lipinski definition) is 1. The number of carbonyl (C=O) groups excluding carboxylic acids is 2. The van der Waals surface area contributed by atoms with Crippen LogP contribution in [0.1, 0.15) is 63.5 Å². The molecule has 0 heterocycles. The van der Waals surface area contributed by atoms with E-state index >= 15 is 0 Å². The van der Waals surface area contributed by atoms with Crippen molar-refractivity contribution in [3.63, 3.8) is 0 Å². The largest absolute Gasteiger partial charge is 0.352 e. The molecule has 1 atom stereocenters. The lowest BCUT2D eigenvalue weighted by molar-refractivity contribution is -0.139. The normalized spacial score (nSPS) is 15.1. The Morgan fingerprint density at radius 2 is 1.58 bits per heavy atom. The van der Waals surface area contributed by atoms with Crippen LogP contribution in [0.5, 0.6) is 0 Å². The Morgan fingerprint density at radius 1 is 1.00 bits per heavy atom. The zero-order valence-corrected chi connectivity index (χ0v) is 23.0. The topological polar surface area (TPSA) is 86.8 Å². The molecule has 9 heteroatoms. The third kappa shape index (κ3) is 7.46. The summed E-state index contributed by atoms with van der Waals surface area (Å²) in [5, 5.41) is 3.62. The van der Waals surface area contributed by atoms with Gasteiger partial charge in [-0.2, -0.15) is 0 Å². The molecule has 36 heavy (non-hydrogen) atoms. The van der Waals surface area contributed by atoms with Crippen LogP contribution < -0.4 is 9.62 Å². The maximum absolute atomic E-state index is 13.6. The molecular weight excluding hydrogens is 498 g/mol. The van der Waals surface area contributed by atoms with E-state index in [2.05, 4.69) is 19.2 Å². The van der Waals surface area contributed by atoms with Crippen LogP contribution in [0.25, 0.3) is 0 Å². The molecule has 2 amide bonds. The average molecular weight is 534 g/mol. The summed E-state index contributed by atoms with van der Waals surface area (Å²) in [7, 11) is -3.75. The molecule has 0 spiro atoms. The molecule has 2 aromatic rings. The second-order valence-electron chi connectivity index (χ2n) is 9.83. The summed E-state index contributed by atoms with van der Waals surface area (Å²) in [6.45, 7) is 5.53. The van der Waals surface area contributed by atoms with Crippen LogP contribution >= 0.6 is 11.6 Å². The minimum Gasteiger partial charge on any atom is -0.352 e. The molecule has 0 radical (unpaired) electrons. The predicted molar refractivity (Wildman–Crippen MR) is 145 cm³/mol. The van der Waals surface area contributed by atoms with E-state index in [1.807, 2.05) is 12.1 Å². The number of benzene rings is 2. The zero-order valence-electron chi connectivity index (χ0n) is 21.4. The highest BCUT2D eigenvalue weighted by Gasteiger charge is 2.31. The number of amides is 2. The molecule has 0 aliphatic heterocycles. The maximum Gasteiger partial charge on any atom is 0.244 e. The fraction of sp³-hybridized carbons (Fsp3) is 0.481. The van der Waals surface area contributed by atoms with Crippen molar-refractivity contribution in [1.82, 2.24) is 10.2 Å². The lowest BCUT2D eigenvalue weighted by Gasteiger charge is -2.32. The number of sulfonamides is 1. The van der Waals surface area contributed by atoms with Gasteiger partial charge in [-0.3, -0.25) is 13.9 Å². The molecule has 1 saturated carbocycles. The van der Waals surface area contributed by atoms with Crippen molar-refractivity contribution in [2.45, 2.75) is 71.0 Å². The first-order valence-electron chi connectivity index (χ1n) is 12.4. The van der Waals surface area contributed by atoms with E-state index in [1.165, 1.54) is 4.90 Å². The molecule has 1 aliphatic carbocycles. The van der Waals surface area contributed by atoms with Crippen LogP contribution in [-0.2, 0) is 26.2 Å². The smallest absolute Gasteiger partial charge is 0.244 e. The summed E-state index contributed by atoms with van der Waals surface area (Å²) in [4.78, 5) is 28.1. The van der Waals surface area contributed by atoms with E-state index in [0.29, 0.717) is 16.6 Å². The lowest BCUT2D eigenvalue weighted by Crippen LogP contribution is -2.52. The van der Waals surface area contributed by atoms with Gasteiger partial charge in [0.25, 0.3) is 0 Å². The zero-order chi connectivity index (χ0) is 26.5. The van der Waals surface area contributed by atoms with Crippen molar-refractivity contribution in [3.05, 3.63) is 64.7 Å². The number of nitrogens with one attached hydrogen (secondary N) is 1. The number of hydrogen-bond acceptors (Lipinski definition) is 4. The summed E-state index contributed by atoms with van der Waals surface area (Å²) >= 11 is 6.02. The molecule has 1 fully saturated rings. The molecule has 0 saturated heterocycles. The van der Waals surface area contributed by atoms with E-state index in [0.717, 1.165) is 47.4 Å². The van der Waals surface area contributed by atoms with E-state index in [-0.39, 0.29) is 18.5 Å². The number of carbonyl (C=O) groups is 2. The van der Waals surface area contributed by atoms with Gasteiger partial charge < -0.3 is 10.2 Å². The maximum atomic E-state index is 13.6. The Morgan fingerprint density at radius 3 is 2.11 bits per heavy atom. The highest BCUT2D eigenvalue weighted by molar-refractivity contribution is 7.92. The summed E-state index contributed by atoms with van der Waals surface area (Å²) in [5.74, 6) is -0.407. The molecule has 1 N–H and O–H groups in total. The van der Waals surface area contributed by atoms with E-state index in [9.17, 15) is 18.0 Å². The first kappa shape index (κ1) is 28.0. The molecular formula is C27H36ClN3O4S. The van der Waals surface area contributed by atoms with Crippen LogP contribution in [0.4, 0.5) is 5.69 Å². The van der Waals surface area contributed by atoms with Gasteiger partial charge in [-0.1, -0.05) is 62.6 Å². The van der Waals surface area contributed by atoms with Crippen molar-refractivity contribution >= 4 is 39.1 Å². The number of halogens is 1. The van der Waals surface area contributed by atoms with E-state index < -0.39 is 28.5 Å². The number of nitrogens with zero attached hydrogens (tertiary/aromatic N) is 2. The molecule has 0 aromatic heterocycles.